The minimum atomic E-state index is 0.368. The van der Waals surface area contributed by atoms with Crippen molar-refractivity contribution in [1.82, 2.24) is 9.19 Å². The quantitative estimate of drug-likeness (QED) is 0.684. The van der Waals surface area contributed by atoms with E-state index < -0.39 is 0 Å². The summed E-state index contributed by atoms with van der Waals surface area (Å²) in [6.45, 7) is 0. The Morgan fingerprint density at radius 2 is 1.81 bits per heavy atom. The molecule has 0 saturated heterocycles. The SMILES string of the molecule is C1CCCC[C@H]2C[C@@H]2c2nn[se]c2CCC1. The van der Waals surface area contributed by atoms with Gasteiger partial charge in [-0.15, -0.1) is 0 Å². The molecule has 0 unspecified atom stereocenters. The van der Waals surface area contributed by atoms with Crippen LogP contribution in [0.2, 0.25) is 0 Å². The van der Waals surface area contributed by atoms with Crippen LogP contribution in [0.5, 0.6) is 0 Å². The molecule has 2 atom stereocenters. The number of nitrogens with zero attached hydrogens (tertiary/aromatic N) is 2. The third-order valence-corrected chi connectivity index (χ3v) is 5.76. The summed E-state index contributed by atoms with van der Waals surface area (Å²) in [7, 11) is 0. The van der Waals surface area contributed by atoms with Crippen molar-refractivity contribution in [2.45, 2.75) is 63.7 Å². The summed E-state index contributed by atoms with van der Waals surface area (Å²) in [4.78, 5) is 0. The summed E-state index contributed by atoms with van der Waals surface area (Å²) in [5.74, 6) is 1.79. The van der Waals surface area contributed by atoms with Crippen molar-refractivity contribution in [3.05, 3.63) is 10.1 Å². The van der Waals surface area contributed by atoms with E-state index in [1.807, 2.05) is 0 Å². The van der Waals surface area contributed by atoms with Gasteiger partial charge in [-0.1, -0.05) is 0 Å². The molecular formula is C13H20N2Se. The topological polar surface area (TPSA) is 25.8 Å². The van der Waals surface area contributed by atoms with Gasteiger partial charge in [0.15, 0.2) is 0 Å². The van der Waals surface area contributed by atoms with E-state index in [-0.39, 0.29) is 0 Å². The van der Waals surface area contributed by atoms with Gasteiger partial charge in [-0.05, 0) is 0 Å². The first kappa shape index (κ1) is 11.0. The number of fused-ring (bicyclic) bond motifs is 3. The van der Waals surface area contributed by atoms with E-state index in [4.69, 9.17) is 0 Å². The van der Waals surface area contributed by atoms with Gasteiger partial charge in [0.1, 0.15) is 0 Å². The second-order valence-corrected chi connectivity index (χ2v) is 7.10. The molecule has 3 rings (SSSR count). The fraction of sp³-hybridized carbons (Fsp3) is 0.846. The van der Waals surface area contributed by atoms with Crippen LogP contribution in [0.1, 0.15) is 67.4 Å². The Bertz CT molecular complexity index is 347. The molecule has 3 heteroatoms. The van der Waals surface area contributed by atoms with Crippen LogP contribution in [-0.2, 0) is 6.42 Å². The second-order valence-electron chi connectivity index (χ2n) is 5.34. The standard InChI is InChI=1S/C13H20N2Se/c1-2-4-6-8-12-13(14-15-16-12)11-9-10(11)7-5-3-1/h10-11H,1-9H2/t10-,11-/m0/s1. The summed E-state index contributed by atoms with van der Waals surface area (Å²) >= 11 is 0.368. The van der Waals surface area contributed by atoms with E-state index in [1.54, 1.807) is 4.44 Å². The Labute approximate surface area is 104 Å². The van der Waals surface area contributed by atoms with E-state index in [9.17, 15) is 0 Å². The Kier molecular flexibility index (Phi) is 3.44. The molecule has 0 radical (unpaired) electrons. The predicted octanol–water partition coefficient (Wildman–Crippen LogP) is 2.92. The molecule has 0 aliphatic heterocycles. The normalized spacial score (nSPS) is 30.8. The number of hydrogen-bond acceptors (Lipinski definition) is 2. The molecule has 2 aliphatic rings. The van der Waals surface area contributed by atoms with Gasteiger partial charge in [-0.25, -0.2) is 0 Å². The maximum absolute atomic E-state index is 4.44. The number of aryl methyl sites for hydroxylation is 1. The second kappa shape index (κ2) is 5.01. The molecule has 1 saturated carbocycles. The van der Waals surface area contributed by atoms with Crippen molar-refractivity contribution in [1.29, 1.82) is 0 Å². The first-order valence-corrected chi connectivity index (χ1v) is 8.38. The molecule has 16 heavy (non-hydrogen) atoms. The van der Waals surface area contributed by atoms with Crippen molar-refractivity contribution in [2.24, 2.45) is 5.92 Å². The number of hydrogen-bond donors (Lipinski definition) is 0. The van der Waals surface area contributed by atoms with Crippen LogP contribution in [0, 0.1) is 5.92 Å². The van der Waals surface area contributed by atoms with Gasteiger partial charge in [0, 0.05) is 0 Å². The van der Waals surface area contributed by atoms with E-state index in [0.717, 1.165) is 11.8 Å². The molecule has 0 N–H and O–H groups in total. The fourth-order valence-corrected chi connectivity index (χ4v) is 4.54. The molecule has 2 nitrogen and oxygen atoms in total. The van der Waals surface area contributed by atoms with Crippen LogP contribution < -0.4 is 0 Å². The van der Waals surface area contributed by atoms with E-state index in [2.05, 4.69) is 9.19 Å². The molecule has 1 fully saturated rings. The third kappa shape index (κ3) is 2.41. The third-order valence-electron chi connectivity index (χ3n) is 4.09. The van der Waals surface area contributed by atoms with Crippen molar-refractivity contribution in [2.75, 3.05) is 0 Å². The van der Waals surface area contributed by atoms with Crippen LogP contribution in [0.25, 0.3) is 0 Å². The Balaban J connectivity index is 1.71. The Morgan fingerprint density at radius 3 is 2.75 bits per heavy atom. The molecule has 1 aromatic rings. The zero-order chi connectivity index (χ0) is 10.8. The predicted molar refractivity (Wildman–Crippen MR) is 65.8 cm³/mol. The summed E-state index contributed by atoms with van der Waals surface area (Å²) < 4.78 is 5.95. The van der Waals surface area contributed by atoms with Crippen LogP contribution in [0.3, 0.4) is 0 Å². The summed E-state index contributed by atoms with van der Waals surface area (Å²) in [5, 5.41) is 4.44. The van der Waals surface area contributed by atoms with Crippen LogP contribution in [0.15, 0.2) is 0 Å². The van der Waals surface area contributed by atoms with Crippen LogP contribution in [-0.4, -0.2) is 23.9 Å². The molecule has 2 aliphatic carbocycles. The number of rotatable bonds is 0. The van der Waals surface area contributed by atoms with Crippen molar-refractivity contribution < 1.29 is 0 Å². The first-order valence-electron chi connectivity index (χ1n) is 6.76. The summed E-state index contributed by atoms with van der Waals surface area (Å²) in [6.07, 6.45) is 12.8. The molecule has 0 amide bonds. The fourth-order valence-electron chi connectivity index (χ4n) is 2.97. The molecule has 1 heterocycles. The monoisotopic (exact) mass is 284 g/mol. The average molecular weight is 283 g/mol. The maximum atomic E-state index is 4.44. The van der Waals surface area contributed by atoms with Crippen molar-refractivity contribution in [3.63, 3.8) is 0 Å². The first-order chi connectivity index (χ1) is 7.95. The molecule has 0 bridgehead atoms. The Morgan fingerprint density at radius 1 is 1.00 bits per heavy atom. The average Bonchev–Trinajstić information content (AvgIpc) is 2.89. The van der Waals surface area contributed by atoms with Gasteiger partial charge in [-0.2, -0.15) is 0 Å². The van der Waals surface area contributed by atoms with Crippen molar-refractivity contribution >= 4 is 14.7 Å². The zero-order valence-corrected chi connectivity index (χ0v) is 11.5. The van der Waals surface area contributed by atoms with E-state index >= 15 is 0 Å². The van der Waals surface area contributed by atoms with Gasteiger partial charge in [0.2, 0.25) is 0 Å². The van der Waals surface area contributed by atoms with Crippen molar-refractivity contribution in [3.8, 4) is 0 Å². The zero-order valence-electron chi connectivity index (χ0n) is 9.82. The molecule has 0 spiro atoms. The molecule has 1 aromatic heterocycles. The summed E-state index contributed by atoms with van der Waals surface area (Å²) in [6, 6.07) is 0. The molecule has 0 aromatic carbocycles. The summed E-state index contributed by atoms with van der Waals surface area (Å²) in [5.41, 5.74) is 1.44. The van der Waals surface area contributed by atoms with E-state index in [1.165, 1.54) is 63.5 Å². The van der Waals surface area contributed by atoms with Gasteiger partial charge in [-0.3, -0.25) is 0 Å². The van der Waals surface area contributed by atoms with Gasteiger partial charge < -0.3 is 0 Å². The van der Waals surface area contributed by atoms with Gasteiger partial charge in [0.25, 0.3) is 0 Å². The molecular weight excluding hydrogens is 263 g/mol. The minimum absolute atomic E-state index is 0.368. The van der Waals surface area contributed by atoms with Crippen LogP contribution in [0.4, 0.5) is 0 Å². The Hall–Kier alpha value is -0.141. The van der Waals surface area contributed by atoms with E-state index in [0.29, 0.717) is 14.7 Å². The number of aromatic nitrogens is 2. The van der Waals surface area contributed by atoms with Gasteiger partial charge in [0.05, 0.1) is 0 Å². The van der Waals surface area contributed by atoms with Gasteiger partial charge >= 0.3 is 104 Å². The molecule has 88 valence electrons. The van der Waals surface area contributed by atoms with Crippen LogP contribution >= 0.6 is 0 Å².